The van der Waals surface area contributed by atoms with Gasteiger partial charge in [-0.3, -0.25) is 0 Å². The molecule has 1 aliphatic heterocycles. The molecule has 0 unspecified atom stereocenters. The summed E-state index contributed by atoms with van der Waals surface area (Å²) in [6.45, 7) is 0. The average molecular weight is 725 g/mol. The molecule has 2 aromatic heterocycles. The van der Waals surface area contributed by atoms with Crippen LogP contribution in [-0.2, 0) is 0 Å². The maximum absolute atomic E-state index is 7.06. The summed E-state index contributed by atoms with van der Waals surface area (Å²) in [5.41, 5.74) is 11.6. The lowest BCUT2D eigenvalue weighted by atomic mass is 9.92. The van der Waals surface area contributed by atoms with E-state index in [1.807, 2.05) is 0 Å². The summed E-state index contributed by atoms with van der Waals surface area (Å²) in [7, 11) is 0. The van der Waals surface area contributed by atoms with Crippen LogP contribution in [0.15, 0.2) is 194 Å². The third-order valence-corrected chi connectivity index (χ3v) is 12.2. The van der Waals surface area contributed by atoms with E-state index in [4.69, 9.17) is 4.74 Å². The summed E-state index contributed by atoms with van der Waals surface area (Å²) >= 11 is 0. The van der Waals surface area contributed by atoms with Crippen molar-refractivity contribution in [1.29, 1.82) is 0 Å². The Labute approximate surface area is 327 Å². The molecule has 0 N–H and O–H groups in total. The summed E-state index contributed by atoms with van der Waals surface area (Å²) in [6.07, 6.45) is 0. The first-order valence-electron chi connectivity index (χ1n) is 19.6. The maximum atomic E-state index is 7.06. The van der Waals surface area contributed by atoms with E-state index in [1.54, 1.807) is 0 Å². The second-order valence-corrected chi connectivity index (χ2v) is 15.3. The molecule has 0 aliphatic carbocycles. The van der Waals surface area contributed by atoms with Gasteiger partial charge in [0, 0.05) is 56.0 Å². The minimum atomic E-state index is 0.860. The number of nitrogens with zero attached hydrogens (tertiary/aromatic N) is 2. The second-order valence-electron chi connectivity index (χ2n) is 15.3. The molecule has 0 saturated carbocycles. The van der Waals surface area contributed by atoms with Crippen molar-refractivity contribution >= 4 is 75.9 Å². The van der Waals surface area contributed by atoms with Crippen LogP contribution in [0.4, 0.5) is 0 Å². The van der Waals surface area contributed by atoms with Gasteiger partial charge in [-0.25, -0.2) is 0 Å². The Morgan fingerprint density at radius 2 is 0.895 bits per heavy atom. The molecular formula is C54H32N2O. The van der Waals surface area contributed by atoms with E-state index in [1.165, 1.54) is 81.7 Å². The van der Waals surface area contributed by atoms with Crippen molar-refractivity contribution in [1.82, 2.24) is 9.13 Å². The number of benzene rings is 10. The van der Waals surface area contributed by atoms with Crippen molar-refractivity contribution in [2.75, 3.05) is 0 Å². The number of ether oxygens (including phenoxy) is 1. The molecule has 12 aromatic rings. The zero-order valence-corrected chi connectivity index (χ0v) is 30.8. The highest BCUT2D eigenvalue weighted by atomic mass is 16.5. The normalized spacial score (nSPS) is 12.4. The van der Waals surface area contributed by atoms with Crippen LogP contribution in [0.25, 0.3) is 110 Å². The number of para-hydroxylation sites is 2. The third-order valence-electron chi connectivity index (χ3n) is 12.2. The van der Waals surface area contributed by atoms with E-state index < -0.39 is 0 Å². The molecule has 1 aliphatic rings. The van der Waals surface area contributed by atoms with Crippen LogP contribution in [0, 0.1) is 0 Å². The van der Waals surface area contributed by atoms with E-state index in [2.05, 4.69) is 203 Å². The predicted molar refractivity (Wildman–Crippen MR) is 239 cm³/mol. The zero-order chi connectivity index (χ0) is 37.2. The first-order valence-corrected chi connectivity index (χ1v) is 19.6. The number of fused-ring (bicyclic) bond motifs is 11. The molecule has 3 heterocycles. The molecule has 0 amide bonds. The Hall–Kier alpha value is -7.62. The van der Waals surface area contributed by atoms with Crippen LogP contribution in [-0.4, -0.2) is 9.13 Å². The van der Waals surface area contributed by atoms with Crippen LogP contribution in [0.5, 0.6) is 11.5 Å². The number of hydrogen-bond acceptors (Lipinski definition) is 1. The van der Waals surface area contributed by atoms with E-state index in [0.29, 0.717) is 0 Å². The fourth-order valence-corrected chi connectivity index (χ4v) is 9.68. The first-order chi connectivity index (χ1) is 28.2. The molecule has 264 valence electrons. The molecule has 0 atom stereocenters. The summed E-state index contributed by atoms with van der Waals surface area (Å²) in [5, 5.41) is 12.3. The second kappa shape index (κ2) is 11.5. The molecule has 0 spiro atoms. The van der Waals surface area contributed by atoms with Gasteiger partial charge in [0.2, 0.25) is 0 Å². The molecule has 0 saturated heterocycles. The Balaban J connectivity index is 0.996. The van der Waals surface area contributed by atoms with Gasteiger partial charge in [-0.1, -0.05) is 127 Å². The Kier molecular flexibility index (Phi) is 6.16. The molecule has 0 radical (unpaired) electrons. The molecule has 0 bridgehead atoms. The highest BCUT2D eigenvalue weighted by Crippen LogP contribution is 2.51. The summed E-state index contributed by atoms with van der Waals surface area (Å²) in [6, 6.07) is 70.7. The molecule has 10 aromatic carbocycles. The number of rotatable bonds is 3. The molecule has 0 fully saturated rings. The van der Waals surface area contributed by atoms with Crippen molar-refractivity contribution in [2.45, 2.75) is 0 Å². The molecule has 3 heteroatoms. The highest BCUT2D eigenvalue weighted by molar-refractivity contribution is 6.25. The third kappa shape index (κ3) is 4.37. The topological polar surface area (TPSA) is 19.1 Å². The van der Waals surface area contributed by atoms with Crippen LogP contribution in [0.1, 0.15) is 0 Å². The SMILES string of the molecule is c1ccc2cc(-c3ccc4c(c3)c3ccccc3n4-c3ccc4c(c3)Oc3cc5c(c6cccc-4c36)c3ccccc3n5-c3ccc4ccccc4c3)ccc2c1. The van der Waals surface area contributed by atoms with Gasteiger partial charge in [-0.05, 0) is 98.2 Å². The van der Waals surface area contributed by atoms with Crippen LogP contribution in [0.3, 0.4) is 0 Å². The van der Waals surface area contributed by atoms with Crippen molar-refractivity contribution in [3.8, 4) is 45.1 Å². The smallest absolute Gasteiger partial charge is 0.138 e. The van der Waals surface area contributed by atoms with E-state index >= 15 is 0 Å². The van der Waals surface area contributed by atoms with Gasteiger partial charge < -0.3 is 13.9 Å². The molecular weight excluding hydrogens is 693 g/mol. The largest absolute Gasteiger partial charge is 0.456 e. The predicted octanol–water partition coefficient (Wildman–Crippen LogP) is 14.8. The van der Waals surface area contributed by atoms with E-state index in [-0.39, 0.29) is 0 Å². The lowest BCUT2D eigenvalue weighted by molar-refractivity contribution is 0.487. The van der Waals surface area contributed by atoms with Gasteiger partial charge in [-0.15, -0.1) is 0 Å². The Bertz CT molecular complexity index is 3680. The van der Waals surface area contributed by atoms with Crippen LogP contribution < -0.4 is 4.74 Å². The average Bonchev–Trinajstić information content (AvgIpc) is 3.78. The molecule has 57 heavy (non-hydrogen) atoms. The van der Waals surface area contributed by atoms with Gasteiger partial charge in [0.05, 0.1) is 22.1 Å². The van der Waals surface area contributed by atoms with Gasteiger partial charge in [0.25, 0.3) is 0 Å². The quantitative estimate of drug-likeness (QED) is 0.178. The number of hydrogen-bond donors (Lipinski definition) is 0. The van der Waals surface area contributed by atoms with Crippen LogP contribution in [0.2, 0.25) is 0 Å². The molecule has 13 rings (SSSR count). The Morgan fingerprint density at radius 3 is 1.74 bits per heavy atom. The monoisotopic (exact) mass is 724 g/mol. The minimum Gasteiger partial charge on any atom is -0.456 e. The summed E-state index contributed by atoms with van der Waals surface area (Å²) in [4.78, 5) is 0. The van der Waals surface area contributed by atoms with Gasteiger partial charge in [0.15, 0.2) is 0 Å². The van der Waals surface area contributed by atoms with E-state index in [9.17, 15) is 0 Å². The lowest BCUT2D eigenvalue weighted by Crippen LogP contribution is -2.01. The van der Waals surface area contributed by atoms with Gasteiger partial charge in [-0.2, -0.15) is 0 Å². The lowest BCUT2D eigenvalue weighted by Gasteiger charge is -2.23. The molecule has 3 nitrogen and oxygen atoms in total. The van der Waals surface area contributed by atoms with Crippen molar-refractivity contribution in [3.63, 3.8) is 0 Å². The Morgan fingerprint density at radius 1 is 0.298 bits per heavy atom. The zero-order valence-electron chi connectivity index (χ0n) is 30.8. The minimum absolute atomic E-state index is 0.860. The summed E-state index contributed by atoms with van der Waals surface area (Å²) in [5.74, 6) is 1.74. The van der Waals surface area contributed by atoms with E-state index in [0.717, 1.165) is 39.3 Å². The summed E-state index contributed by atoms with van der Waals surface area (Å²) < 4.78 is 11.8. The van der Waals surface area contributed by atoms with Crippen molar-refractivity contribution in [2.24, 2.45) is 0 Å². The van der Waals surface area contributed by atoms with Crippen LogP contribution >= 0.6 is 0 Å². The maximum Gasteiger partial charge on any atom is 0.138 e. The fourth-order valence-electron chi connectivity index (χ4n) is 9.68. The fraction of sp³-hybridized carbons (Fsp3) is 0. The van der Waals surface area contributed by atoms with Crippen molar-refractivity contribution < 1.29 is 4.74 Å². The standard InChI is InChI=1S/C54H32N2O/c1-3-12-35-28-37(21-20-33(35)10-1)38-23-27-49-46(30-38)41-14-5-7-18-47(41)55(49)40-25-26-42-43-16-9-17-45-53-44-15-6-8-19-48(44)56(39-24-22-34-11-2-4-13-36(34)29-39)50(53)32-52(54(43)45)57-51(42)31-40/h1-32H. The van der Waals surface area contributed by atoms with Gasteiger partial charge in [0.1, 0.15) is 11.5 Å². The number of aromatic nitrogens is 2. The first kappa shape index (κ1) is 30.7. The highest BCUT2D eigenvalue weighted by Gasteiger charge is 2.26. The van der Waals surface area contributed by atoms with Crippen molar-refractivity contribution in [3.05, 3.63) is 194 Å². The van der Waals surface area contributed by atoms with Gasteiger partial charge >= 0.3 is 0 Å².